The maximum absolute atomic E-state index is 11.8. The zero-order chi connectivity index (χ0) is 19.1. The van der Waals surface area contributed by atoms with Crippen molar-refractivity contribution in [1.82, 2.24) is 5.32 Å². The van der Waals surface area contributed by atoms with E-state index in [0.717, 1.165) is 12.8 Å². The molecule has 0 aromatic rings. The molecule has 0 aliphatic rings. The molecule has 0 aromatic carbocycles. The van der Waals surface area contributed by atoms with Gasteiger partial charge in [0.05, 0.1) is 13.2 Å². The van der Waals surface area contributed by atoms with Crippen LogP contribution in [0.5, 0.6) is 0 Å². The number of ether oxygens (including phenoxy) is 2. The number of hydrogen-bond donors (Lipinski definition) is 1. The highest BCUT2D eigenvalue weighted by Gasteiger charge is 2.19. The molecule has 0 aliphatic heterocycles. The van der Waals surface area contributed by atoms with E-state index in [4.69, 9.17) is 9.47 Å². The van der Waals surface area contributed by atoms with Crippen molar-refractivity contribution in [2.45, 2.75) is 98.4 Å². The summed E-state index contributed by atoms with van der Waals surface area (Å²) in [6.07, 6.45) is 10.4. The van der Waals surface area contributed by atoms with Gasteiger partial charge in [-0.05, 0) is 18.8 Å². The fraction of sp³-hybridized carbons (Fsp3) is 0.900. The minimum Gasteiger partial charge on any atom is -0.464 e. The second-order valence-electron chi connectivity index (χ2n) is 8.00. The molecule has 0 radical (unpaired) electrons. The highest BCUT2D eigenvalue weighted by molar-refractivity contribution is 5.80. The van der Waals surface area contributed by atoms with Crippen molar-refractivity contribution in [2.75, 3.05) is 13.2 Å². The monoisotopic (exact) mass is 357 g/mol. The molecule has 0 fully saturated rings. The summed E-state index contributed by atoms with van der Waals surface area (Å²) in [7, 11) is 0. The van der Waals surface area contributed by atoms with Crippen LogP contribution in [-0.2, 0) is 14.3 Å². The SMILES string of the molecule is CCCCCCCCCCCOC(=O)[C@H](C)NC(=O)OCC(C)(C)C. The first-order valence-electron chi connectivity index (χ1n) is 9.86. The van der Waals surface area contributed by atoms with E-state index in [-0.39, 0.29) is 5.41 Å². The molecule has 0 unspecified atom stereocenters. The molecule has 5 nitrogen and oxygen atoms in total. The van der Waals surface area contributed by atoms with Crippen LogP contribution >= 0.6 is 0 Å². The van der Waals surface area contributed by atoms with Gasteiger partial charge in [-0.1, -0.05) is 79.1 Å². The van der Waals surface area contributed by atoms with E-state index in [2.05, 4.69) is 12.2 Å². The lowest BCUT2D eigenvalue weighted by Gasteiger charge is -2.19. The quantitative estimate of drug-likeness (QED) is 0.362. The number of carbonyl (C=O) groups excluding carboxylic acids is 2. The molecule has 0 bridgehead atoms. The van der Waals surface area contributed by atoms with Crippen molar-refractivity contribution in [3.05, 3.63) is 0 Å². The summed E-state index contributed by atoms with van der Waals surface area (Å²) in [5.74, 6) is -0.410. The predicted octanol–water partition coefficient (Wildman–Crippen LogP) is 5.22. The van der Waals surface area contributed by atoms with Crippen LogP contribution in [0.15, 0.2) is 0 Å². The van der Waals surface area contributed by atoms with Crippen LogP contribution in [0.25, 0.3) is 0 Å². The van der Waals surface area contributed by atoms with Gasteiger partial charge in [0.1, 0.15) is 6.04 Å². The molecule has 0 rings (SSSR count). The molecule has 25 heavy (non-hydrogen) atoms. The average Bonchev–Trinajstić information content (AvgIpc) is 2.53. The van der Waals surface area contributed by atoms with Crippen molar-refractivity contribution in [3.8, 4) is 0 Å². The standard InChI is InChI=1S/C20H39NO4/c1-6-7-8-9-10-11-12-13-14-15-24-18(22)17(2)21-19(23)25-16-20(3,4)5/h17H,6-16H2,1-5H3,(H,21,23)/t17-/m0/s1. The first-order chi connectivity index (χ1) is 11.8. The molecular weight excluding hydrogens is 318 g/mol. The fourth-order valence-electron chi connectivity index (χ4n) is 2.27. The maximum atomic E-state index is 11.8. The van der Waals surface area contributed by atoms with Gasteiger partial charge in [-0.15, -0.1) is 0 Å². The van der Waals surface area contributed by atoms with Crippen LogP contribution < -0.4 is 5.32 Å². The number of hydrogen-bond acceptors (Lipinski definition) is 4. The molecule has 0 saturated carbocycles. The Morgan fingerprint density at radius 1 is 0.880 bits per heavy atom. The van der Waals surface area contributed by atoms with Crippen molar-refractivity contribution in [1.29, 1.82) is 0 Å². The van der Waals surface area contributed by atoms with E-state index in [1.807, 2.05) is 20.8 Å². The summed E-state index contributed by atoms with van der Waals surface area (Å²) in [6, 6.07) is -0.689. The normalized spacial score (nSPS) is 12.5. The van der Waals surface area contributed by atoms with Gasteiger partial charge in [-0.2, -0.15) is 0 Å². The molecule has 0 spiro atoms. The van der Waals surface area contributed by atoms with Crippen molar-refractivity contribution in [2.24, 2.45) is 5.41 Å². The Kier molecular flexibility index (Phi) is 13.3. The van der Waals surface area contributed by atoms with E-state index in [9.17, 15) is 9.59 Å². The van der Waals surface area contributed by atoms with E-state index < -0.39 is 18.1 Å². The third-order valence-electron chi connectivity index (χ3n) is 3.82. The molecular formula is C20H39NO4. The smallest absolute Gasteiger partial charge is 0.407 e. The van der Waals surface area contributed by atoms with Gasteiger partial charge >= 0.3 is 12.1 Å². The molecule has 148 valence electrons. The number of esters is 1. The largest absolute Gasteiger partial charge is 0.464 e. The fourth-order valence-corrected chi connectivity index (χ4v) is 2.27. The highest BCUT2D eigenvalue weighted by Crippen LogP contribution is 2.13. The summed E-state index contributed by atoms with van der Waals surface area (Å²) in [4.78, 5) is 23.4. The lowest BCUT2D eigenvalue weighted by atomic mass is 9.99. The third-order valence-corrected chi connectivity index (χ3v) is 3.82. The predicted molar refractivity (Wildman–Crippen MR) is 102 cm³/mol. The molecule has 5 heteroatoms. The number of unbranched alkanes of at least 4 members (excludes halogenated alkanes) is 8. The molecule has 0 saturated heterocycles. The summed E-state index contributed by atoms with van der Waals surface area (Å²) < 4.78 is 10.3. The van der Waals surface area contributed by atoms with Crippen LogP contribution in [0, 0.1) is 5.41 Å². The number of rotatable bonds is 13. The van der Waals surface area contributed by atoms with E-state index >= 15 is 0 Å². The number of amides is 1. The van der Waals surface area contributed by atoms with E-state index in [1.54, 1.807) is 6.92 Å². The second-order valence-corrected chi connectivity index (χ2v) is 8.00. The van der Waals surface area contributed by atoms with Crippen molar-refractivity contribution < 1.29 is 19.1 Å². The van der Waals surface area contributed by atoms with E-state index in [0.29, 0.717) is 13.2 Å². The number of alkyl carbamates (subject to hydrolysis) is 1. The Morgan fingerprint density at radius 2 is 1.40 bits per heavy atom. The van der Waals surface area contributed by atoms with Gasteiger partial charge in [-0.3, -0.25) is 0 Å². The lowest BCUT2D eigenvalue weighted by molar-refractivity contribution is -0.145. The summed E-state index contributed by atoms with van der Waals surface area (Å²) in [5, 5.41) is 2.50. The first-order valence-corrected chi connectivity index (χ1v) is 9.86. The zero-order valence-electron chi connectivity index (χ0n) is 17.0. The van der Waals surface area contributed by atoms with Crippen LogP contribution in [0.1, 0.15) is 92.4 Å². The second kappa shape index (κ2) is 14.0. The molecule has 0 heterocycles. The van der Waals surface area contributed by atoms with E-state index in [1.165, 1.54) is 44.9 Å². The van der Waals surface area contributed by atoms with Gasteiger partial charge in [0.2, 0.25) is 0 Å². The van der Waals surface area contributed by atoms with Crippen LogP contribution in [0.3, 0.4) is 0 Å². The Morgan fingerprint density at radius 3 is 1.92 bits per heavy atom. The van der Waals surface area contributed by atoms with Gasteiger partial charge in [0.15, 0.2) is 0 Å². The minimum atomic E-state index is -0.689. The molecule has 1 atom stereocenters. The number of nitrogens with one attached hydrogen (secondary N) is 1. The maximum Gasteiger partial charge on any atom is 0.407 e. The minimum absolute atomic E-state index is 0.100. The lowest BCUT2D eigenvalue weighted by Crippen LogP contribution is -2.40. The molecule has 0 aliphatic carbocycles. The van der Waals surface area contributed by atoms with Gasteiger partial charge in [0, 0.05) is 0 Å². The summed E-state index contributed by atoms with van der Waals surface area (Å²) in [5.41, 5.74) is -0.100. The van der Waals surface area contributed by atoms with Gasteiger partial charge in [-0.25, -0.2) is 9.59 Å². The number of carbonyl (C=O) groups is 2. The first kappa shape index (κ1) is 23.7. The topological polar surface area (TPSA) is 64.6 Å². The average molecular weight is 358 g/mol. The van der Waals surface area contributed by atoms with Crippen LogP contribution in [0.2, 0.25) is 0 Å². The van der Waals surface area contributed by atoms with Gasteiger partial charge < -0.3 is 14.8 Å². The highest BCUT2D eigenvalue weighted by atomic mass is 16.6. The molecule has 1 N–H and O–H groups in total. The Bertz CT molecular complexity index is 363. The Labute approximate surface area is 154 Å². The van der Waals surface area contributed by atoms with Crippen molar-refractivity contribution in [3.63, 3.8) is 0 Å². The third kappa shape index (κ3) is 16.0. The van der Waals surface area contributed by atoms with Crippen LogP contribution in [-0.4, -0.2) is 31.3 Å². The van der Waals surface area contributed by atoms with Crippen molar-refractivity contribution >= 4 is 12.1 Å². The van der Waals surface area contributed by atoms with Crippen LogP contribution in [0.4, 0.5) is 4.79 Å². The molecule has 1 amide bonds. The van der Waals surface area contributed by atoms with Gasteiger partial charge in [0.25, 0.3) is 0 Å². The Balaban J connectivity index is 3.60. The Hall–Kier alpha value is -1.26. The summed E-state index contributed by atoms with van der Waals surface area (Å²) in [6.45, 7) is 10.5. The molecule has 0 aromatic heterocycles. The summed E-state index contributed by atoms with van der Waals surface area (Å²) >= 11 is 0. The zero-order valence-corrected chi connectivity index (χ0v) is 17.0.